The molecule has 0 radical (unpaired) electrons. The maximum atomic E-state index is 8.94. The summed E-state index contributed by atoms with van der Waals surface area (Å²) in [5, 5.41) is 51.4. The molecule has 0 aliphatic heterocycles. The molecule has 0 fully saturated rings. The molecule has 0 spiro atoms. The Hall–Kier alpha value is -4.84. The van der Waals surface area contributed by atoms with Gasteiger partial charge in [-0.05, 0) is 25.7 Å². The molecular formula is C58H102N8O21. The van der Waals surface area contributed by atoms with E-state index >= 15 is 0 Å². The van der Waals surface area contributed by atoms with Gasteiger partial charge in [-0.3, -0.25) is 0 Å². The van der Waals surface area contributed by atoms with Gasteiger partial charge >= 0.3 is 0 Å². The number of ether oxygens (including phenoxy) is 17. The third-order valence-corrected chi connectivity index (χ3v) is 10.4. The molecule has 0 amide bonds. The highest BCUT2D eigenvalue weighted by molar-refractivity contribution is 5.56. The molecule has 0 unspecified atom stereocenters. The third kappa shape index (κ3) is 61.2. The Morgan fingerprint density at radius 3 is 0.644 bits per heavy atom. The molecule has 0 aromatic heterocycles. The van der Waals surface area contributed by atoms with Crippen molar-refractivity contribution in [3.05, 3.63) is 0 Å². The lowest BCUT2D eigenvalue weighted by atomic mass is 10.3. The first kappa shape index (κ1) is 82.2. The third-order valence-electron chi connectivity index (χ3n) is 10.4. The molecule has 0 atom stereocenters. The zero-order valence-electron chi connectivity index (χ0n) is 52.2. The van der Waals surface area contributed by atoms with E-state index in [1.807, 2.05) is 27.7 Å². The Labute approximate surface area is 516 Å². The Balaban J connectivity index is 7.20. The lowest BCUT2D eigenvalue weighted by Gasteiger charge is -2.30. The van der Waals surface area contributed by atoms with Crippen molar-refractivity contribution in [2.75, 3.05) is 211 Å². The Kier molecular flexibility index (Phi) is 66.3. The van der Waals surface area contributed by atoms with E-state index in [1.165, 1.54) is 0 Å². The number of rotatable bonds is 70. The second-order valence-corrected chi connectivity index (χ2v) is 18.0. The van der Waals surface area contributed by atoms with Crippen LogP contribution in [-0.2, 0) is 99.9 Å². The number of hydrogen-bond acceptors (Lipinski definition) is 29. The van der Waals surface area contributed by atoms with Crippen LogP contribution in [0.3, 0.4) is 0 Å². The van der Waals surface area contributed by atoms with E-state index < -0.39 is 36.6 Å². The first-order valence-corrected chi connectivity index (χ1v) is 30.1. The van der Waals surface area contributed by atoms with Gasteiger partial charge in [0.05, 0.1) is 235 Å². The fourth-order valence-corrected chi connectivity index (χ4v) is 6.25. The largest absolute Gasteiger partial charge is 0.394 e. The van der Waals surface area contributed by atoms with Gasteiger partial charge in [-0.1, -0.05) is 48.3 Å². The summed E-state index contributed by atoms with van der Waals surface area (Å²) in [4.78, 5) is 21.3. The summed E-state index contributed by atoms with van der Waals surface area (Å²) < 4.78 is 103. The maximum absolute atomic E-state index is 8.94. The van der Waals surface area contributed by atoms with Crippen LogP contribution >= 0.6 is 0 Å². The summed E-state index contributed by atoms with van der Waals surface area (Å²) in [7, 11) is 0. The zero-order chi connectivity index (χ0) is 63.1. The van der Waals surface area contributed by atoms with E-state index in [1.54, 1.807) is 24.9 Å². The quantitative estimate of drug-likeness (QED) is 0.0449. The van der Waals surface area contributed by atoms with Crippen LogP contribution in [0.25, 0.3) is 0 Å². The van der Waals surface area contributed by atoms with Crippen LogP contribution in [0.2, 0.25) is 0 Å². The summed E-state index contributed by atoms with van der Waals surface area (Å²) in [5.41, 5.74) is 0. The molecule has 0 N–H and O–H groups in total. The second kappa shape index (κ2) is 70.2. The van der Waals surface area contributed by atoms with E-state index in [9.17, 15) is 0 Å². The number of nitriles is 4. The molecule has 0 aliphatic rings. The van der Waals surface area contributed by atoms with Crippen LogP contribution in [-0.4, -0.2) is 273 Å². The number of oxime groups is 4. The molecule has 0 rings (SSSR count). The van der Waals surface area contributed by atoms with E-state index in [0.29, 0.717) is 0 Å². The van der Waals surface area contributed by atoms with Crippen molar-refractivity contribution in [2.24, 2.45) is 20.6 Å². The van der Waals surface area contributed by atoms with Crippen molar-refractivity contribution in [1.29, 1.82) is 21.0 Å². The lowest BCUT2D eigenvalue weighted by molar-refractivity contribution is -0.179. The van der Waals surface area contributed by atoms with Gasteiger partial charge in [-0.25, -0.2) is 0 Å². The minimum atomic E-state index is -0.834. The molecule has 0 heterocycles. The van der Waals surface area contributed by atoms with Crippen LogP contribution < -0.4 is 0 Å². The molecule has 29 heteroatoms. The molecule has 29 nitrogen and oxygen atoms in total. The van der Waals surface area contributed by atoms with Crippen LogP contribution in [0, 0.1) is 45.3 Å². The lowest BCUT2D eigenvalue weighted by Crippen LogP contribution is -2.42. The summed E-state index contributed by atoms with van der Waals surface area (Å²) in [6.45, 7) is 13.1. The van der Waals surface area contributed by atoms with E-state index in [2.05, 4.69) is 44.9 Å². The van der Waals surface area contributed by atoms with Gasteiger partial charge in [0.2, 0.25) is 0 Å². The molecule has 0 saturated heterocycles. The minimum absolute atomic E-state index is 0.0516. The van der Waals surface area contributed by atoms with Gasteiger partial charge in [-0.15, -0.1) is 0 Å². The van der Waals surface area contributed by atoms with Gasteiger partial charge in [0.25, 0.3) is 0 Å². The predicted molar refractivity (Wildman–Crippen MR) is 317 cm³/mol. The zero-order valence-corrected chi connectivity index (χ0v) is 52.2. The molecule has 0 bridgehead atoms. The SMILES string of the molecule is CC/C=N/OCCOCC(COCCO/N=C/CC)OCC(COC(COCCO/N=C/CC)COCCO/N=C/CC)OC(COC(COCCOCCC#N)COCCOCCC#N)COC(COCCOCCC#N)COCCOCCC#N. The molecule has 0 aliphatic carbocycles. The Morgan fingerprint density at radius 2 is 0.448 bits per heavy atom. The van der Waals surface area contributed by atoms with Crippen molar-refractivity contribution < 1.29 is 99.9 Å². The first-order chi connectivity index (χ1) is 43.0. The fraction of sp³-hybridized carbons (Fsp3) is 0.862. The highest BCUT2D eigenvalue weighted by atomic mass is 16.7. The normalized spacial score (nSPS) is 11.9. The van der Waals surface area contributed by atoms with Crippen LogP contribution in [0.15, 0.2) is 20.6 Å². The van der Waals surface area contributed by atoms with Gasteiger partial charge in [0.1, 0.15) is 63.1 Å². The van der Waals surface area contributed by atoms with Crippen molar-refractivity contribution >= 4 is 24.9 Å². The van der Waals surface area contributed by atoms with E-state index in [-0.39, 0.29) is 237 Å². The summed E-state index contributed by atoms with van der Waals surface area (Å²) >= 11 is 0. The van der Waals surface area contributed by atoms with E-state index in [4.69, 9.17) is 121 Å². The summed E-state index contributed by atoms with van der Waals surface area (Å²) in [6, 6.07) is 8.22. The predicted octanol–water partition coefficient (Wildman–Crippen LogP) is 4.78. The standard InChI is InChI=1S/C58H102N8O21/c1-5-17-63-83-37-33-75-45-55(46-76-34-38-84-64-18-6-2)81-51-58(52-82-56(47-77-35-39-85-65-19-7-3)48-78-36-40-86-66-20-8-4)87-57(49-79-53(41-71-29-25-67-21-9-13-59)42-72-30-26-68-22-10-14-60)50-80-54(43-73-31-27-69-23-11-15-61)44-74-32-28-70-24-12-16-62/h17-20,53-58H,5-12,21-52H2,1-4H3/b63-17+,64-18+,65-19+,66-20+. The van der Waals surface area contributed by atoms with Crippen LogP contribution in [0.5, 0.6) is 0 Å². The summed E-state index contributed by atoms with van der Waals surface area (Å²) in [6.07, 6.45) is 6.35. The van der Waals surface area contributed by atoms with Gasteiger partial charge in [0, 0.05) is 24.9 Å². The van der Waals surface area contributed by atoms with Crippen molar-refractivity contribution in [3.8, 4) is 24.3 Å². The molecule has 87 heavy (non-hydrogen) atoms. The number of hydrogen-bond donors (Lipinski definition) is 0. The summed E-state index contributed by atoms with van der Waals surface area (Å²) in [5.74, 6) is 0. The molecular weight excluding hydrogens is 1140 g/mol. The molecule has 0 aromatic carbocycles. The molecule has 0 aromatic rings. The van der Waals surface area contributed by atoms with Crippen LogP contribution in [0.1, 0.15) is 79.1 Å². The van der Waals surface area contributed by atoms with E-state index in [0.717, 1.165) is 25.7 Å². The second-order valence-electron chi connectivity index (χ2n) is 18.0. The van der Waals surface area contributed by atoms with Crippen molar-refractivity contribution in [3.63, 3.8) is 0 Å². The van der Waals surface area contributed by atoms with Gasteiger partial charge in [-0.2, -0.15) is 21.0 Å². The van der Waals surface area contributed by atoms with Crippen molar-refractivity contribution in [1.82, 2.24) is 0 Å². The maximum Gasteiger partial charge on any atom is 0.140 e. The molecule has 500 valence electrons. The topological polar surface area (TPSA) is 338 Å². The highest BCUT2D eigenvalue weighted by Gasteiger charge is 2.26. The molecule has 0 saturated carbocycles. The van der Waals surface area contributed by atoms with Crippen molar-refractivity contribution in [2.45, 2.75) is 116 Å². The van der Waals surface area contributed by atoms with Gasteiger partial charge < -0.3 is 99.9 Å². The Bertz CT molecular complexity index is 1530. The minimum Gasteiger partial charge on any atom is -0.394 e. The first-order valence-electron chi connectivity index (χ1n) is 30.1. The van der Waals surface area contributed by atoms with Gasteiger partial charge in [0.15, 0.2) is 0 Å². The monoisotopic (exact) mass is 1250 g/mol. The fourth-order valence-electron chi connectivity index (χ4n) is 6.25. The Morgan fingerprint density at radius 1 is 0.253 bits per heavy atom. The number of nitrogens with zero attached hydrogens (tertiary/aromatic N) is 8. The average Bonchev–Trinajstić information content (AvgIpc) is 3.55. The highest BCUT2D eigenvalue weighted by Crippen LogP contribution is 2.12. The van der Waals surface area contributed by atoms with Crippen LogP contribution in [0.4, 0.5) is 0 Å². The average molecular weight is 1250 g/mol. The smallest absolute Gasteiger partial charge is 0.140 e.